The van der Waals surface area contributed by atoms with E-state index >= 15 is 0 Å². The van der Waals surface area contributed by atoms with Crippen molar-refractivity contribution in [3.63, 3.8) is 0 Å². The molecule has 1 aliphatic heterocycles. The molecule has 0 saturated heterocycles. The number of ether oxygens (including phenoxy) is 1. The van der Waals surface area contributed by atoms with Gasteiger partial charge in [0.05, 0.1) is 0 Å². The van der Waals surface area contributed by atoms with Crippen molar-refractivity contribution in [2.45, 2.75) is 78.6 Å². The molecule has 15 rings (SSSR count). The van der Waals surface area contributed by atoms with E-state index in [-0.39, 0.29) is 37.3 Å². The fraction of sp³-hybridized carbons (Fsp3) is 0.133. The van der Waals surface area contributed by atoms with E-state index in [1.165, 1.54) is 58.2 Å². The first kappa shape index (κ1) is 65.4. The van der Waals surface area contributed by atoms with Gasteiger partial charge in [-0.1, -0.05) is 304 Å². The third kappa shape index (κ3) is 11.8. The Morgan fingerprint density at radius 3 is 1.36 bits per heavy atom. The summed E-state index contributed by atoms with van der Waals surface area (Å²) in [6.07, 6.45) is 1.94. The fourth-order valence-electron chi connectivity index (χ4n) is 14.7. The molecule has 0 amide bonds. The average molecular weight is 1480 g/mol. The maximum atomic E-state index is 7.07. The Balaban J connectivity index is 0.00000821. The van der Waals surface area contributed by atoms with Crippen LogP contribution in [-0.4, -0.2) is 25.7 Å². The average Bonchev–Trinajstić information content (AvgIpc) is 1.33. The zero-order valence-corrected chi connectivity index (χ0v) is 61.3. The van der Waals surface area contributed by atoms with Crippen molar-refractivity contribution in [1.29, 1.82) is 0 Å². The molecule has 0 spiro atoms. The van der Waals surface area contributed by atoms with E-state index < -0.39 is 16.1 Å². The van der Waals surface area contributed by atoms with Crippen LogP contribution in [0.1, 0.15) is 79.0 Å². The van der Waals surface area contributed by atoms with Gasteiger partial charge in [0.2, 0.25) is 0 Å². The summed E-state index contributed by atoms with van der Waals surface area (Å²) in [4.78, 5) is 9.83. The van der Waals surface area contributed by atoms with Crippen LogP contribution >= 0.6 is 0 Å². The van der Waals surface area contributed by atoms with Crippen LogP contribution in [0.2, 0.25) is 0 Å². The third-order valence-corrected chi connectivity index (χ3v) is 29.2. The van der Waals surface area contributed by atoms with Crippen molar-refractivity contribution >= 4 is 102 Å². The molecule has 0 fully saturated rings. The number of benzene rings is 12. The monoisotopic (exact) mass is 1480 g/mol. The Hall–Kier alpha value is -9.89. The second kappa shape index (κ2) is 26.2. The van der Waals surface area contributed by atoms with E-state index in [9.17, 15) is 0 Å². The summed E-state index contributed by atoms with van der Waals surface area (Å²) in [5, 5.41) is 12.8. The van der Waals surface area contributed by atoms with Gasteiger partial charge in [-0.15, -0.1) is 48.1 Å². The Labute approximate surface area is 595 Å². The molecule has 0 aliphatic carbocycles. The van der Waals surface area contributed by atoms with Crippen molar-refractivity contribution in [2.24, 2.45) is 0 Å². The van der Waals surface area contributed by atoms with Crippen LogP contribution in [-0.2, 0) is 37.3 Å². The van der Waals surface area contributed by atoms with Gasteiger partial charge in [0.1, 0.15) is 5.82 Å². The summed E-state index contributed by atoms with van der Waals surface area (Å²) in [7, 11) is -5.78. The number of fused-ring (bicyclic) bond motifs is 4. The molecule has 1 aliphatic rings. The summed E-state index contributed by atoms with van der Waals surface area (Å²) in [6, 6.07) is 120. The Morgan fingerprint density at radius 2 is 0.847 bits per heavy atom. The molecule has 12 aromatic carbocycles. The standard InChI is InChI=1S/C90H79N4OSi2.Pt/c1-88(2,3)65-53-54-91-86(59-65)94-83-52-50-79(97(75-40-22-13-23-41-75,76-42-24-14-25-43-76)77-44-26-15-27-45-77)62-82(83)81-51-49-71(61-85(81)94)95-70-33-29-32-68(60-70)92-63-93(69-57-66(89(4,5)6)56-67(58-69)90(7,8)9)87-80(47-30-48-84(87)92)64-31-28-46-78(55-64)96(72-34-16-10-17-35-72,73-36-18-11-19-37-73)74-38-20-12-21-39-74;/h10-59,62-63H,1-9H3;/q-3;. The molecule has 14 aromatic rings. The molecule has 486 valence electrons. The minimum absolute atomic E-state index is 0. The van der Waals surface area contributed by atoms with Crippen molar-refractivity contribution in [3.8, 4) is 28.4 Å². The molecule has 0 radical (unpaired) electrons. The zero-order chi connectivity index (χ0) is 66.7. The topological polar surface area (TPSA) is 33.5 Å². The second-order valence-corrected chi connectivity index (χ2v) is 36.5. The van der Waals surface area contributed by atoms with Gasteiger partial charge < -0.3 is 19.1 Å². The van der Waals surface area contributed by atoms with Crippen LogP contribution in [0.5, 0.6) is 11.5 Å². The van der Waals surface area contributed by atoms with Crippen LogP contribution in [0.15, 0.2) is 310 Å². The molecular formula is C90H79N4OPtSi2-3. The molecule has 2 aromatic heterocycles. The predicted octanol–water partition coefficient (Wildman–Crippen LogP) is 17.3. The maximum absolute atomic E-state index is 7.07. The van der Waals surface area contributed by atoms with Crippen LogP contribution in [0.25, 0.3) is 38.8 Å². The molecule has 0 atom stereocenters. The predicted molar refractivity (Wildman–Crippen MR) is 413 cm³/mol. The van der Waals surface area contributed by atoms with Gasteiger partial charge in [-0.2, -0.15) is 12.1 Å². The molecule has 3 heterocycles. The van der Waals surface area contributed by atoms with E-state index in [1.807, 2.05) is 12.3 Å². The summed E-state index contributed by atoms with van der Waals surface area (Å²) >= 11 is 0. The van der Waals surface area contributed by atoms with Gasteiger partial charge in [-0.05, 0) is 122 Å². The second-order valence-electron chi connectivity index (χ2n) is 28.9. The first-order valence-corrected chi connectivity index (χ1v) is 37.8. The largest absolute Gasteiger partial charge is 0.509 e. The Bertz CT molecular complexity index is 4950. The smallest absolute Gasteiger partial charge is 0.179 e. The van der Waals surface area contributed by atoms with Crippen LogP contribution < -0.4 is 56.0 Å². The first-order valence-electron chi connectivity index (χ1n) is 33.8. The SMILES string of the molecule is CC(C)(C)c1cc(N2[CH-]N(c3[c-]c(Oc4[c-]c5c(cc4)c4cc([Si](c6ccccc6)(c6ccccc6)c6ccccc6)ccc4n5-c4cc(C(C)(C)C)ccn4)ccc3)c3cccc(-c4cccc([Si](c5ccccc5)(c5ccccc5)c5ccccc5)c4)c32)cc(C(C)(C)C)c1.[Pt]. The molecule has 0 N–H and O–H groups in total. The van der Waals surface area contributed by atoms with Crippen LogP contribution in [0.4, 0.5) is 22.7 Å². The Morgan fingerprint density at radius 1 is 0.378 bits per heavy atom. The number of rotatable bonds is 14. The van der Waals surface area contributed by atoms with E-state index in [4.69, 9.17) is 9.72 Å². The fourth-order valence-corrected chi connectivity index (χ4v) is 24.3. The summed E-state index contributed by atoms with van der Waals surface area (Å²) < 4.78 is 9.34. The Kier molecular flexibility index (Phi) is 17.5. The van der Waals surface area contributed by atoms with Gasteiger partial charge in [0, 0.05) is 66.9 Å². The van der Waals surface area contributed by atoms with Gasteiger partial charge in [0.25, 0.3) is 0 Å². The summed E-state index contributed by atoms with van der Waals surface area (Å²) in [6.45, 7) is 22.9. The number of pyridine rings is 1. The van der Waals surface area contributed by atoms with E-state index in [0.29, 0.717) is 11.5 Å². The number of aromatic nitrogens is 2. The number of para-hydroxylation sites is 1. The molecule has 0 saturated carbocycles. The molecule has 98 heavy (non-hydrogen) atoms. The number of anilines is 4. The molecule has 5 nitrogen and oxygen atoms in total. The first-order chi connectivity index (χ1) is 47.0. The van der Waals surface area contributed by atoms with Crippen molar-refractivity contribution in [1.82, 2.24) is 9.55 Å². The van der Waals surface area contributed by atoms with Crippen LogP contribution in [0.3, 0.4) is 0 Å². The maximum Gasteiger partial charge on any atom is 0.179 e. The van der Waals surface area contributed by atoms with Crippen molar-refractivity contribution < 1.29 is 25.8 Å². The summed E-state index contributed by atoms with van der Waals surface area (Å²) in [5.74, 6) is 1.97. The molecule has 0 unspecified atom stereocenters. The van der Waals surface area contributed by atoms with E-state index in [0.717, 1.165) is 61.5 Å². The van der Waals surface area contributed by atoms with Gasteiger partial charge in [-0.3, -0.25) is 0 Å². The zero-order valence-electron chi connectivity index (χ0n) is 57.0. The van der Waals surface area contributed by atoms with Crippen LogP contribution in [0, 0.1) is 18.8 Å². The number of hydrogen-bond donors (Lipinski definition) is 0. The van der Waals surface area contributed by atoms with Crippen molar-refractivity contribution in [3.05, 3.63) is 345 Å². The minimum atomic E-state index is -2.89. The van der Waals surface area contributed by atoms with Gasteiger partial charge >= 0.3 is 0 Å². The molecular weight excluding hydrogens is 1400 g/mol. The normalized spacial score (nSPS) is 12.8. The van der Waals surface area contributed by atoms with Crippen molar-refractivity contribution in [2.75, 3.05) is 9.80 Å². The molecule has 0 bridgehead atoms. The van der Waals surface area contributed by atoms with E-state index in [2.05, 4.69) is 393 Å². The van der Waals surface area contributed by atoms with Gasteiger partial charge in [0.15, 0.2) is 16.1 Å². The number of nitrogens with zero attached hydrogens (tertiary/aromatic N) is 4. The molecule has 8 heteroatoms. The minimum Gasteiger partial charge on any atom is -0.509 e. The third-order valence-electron chi connectivity index (χ3n) is 19.7. The number of hydrogen-bond acceptors (Lipinski definition) is 4. The quantitative estimate of drug-likeness (QED) is 0.0617. The van der Waals surface area contributed by atoms with Gasteiger partial charge in [-0.25, -0.2) is 4.98 Å². The summed E-state index contributed by atoms with van der Waals surface area (Å²) in [5.41, 5.74) is 11.7. The van der Waals surface area contributed by atoms with E-state index in [1.54, 1.807) is 0 Å².